The molecule has 0 aliphatic carbocycles. The number of hydrogen-bond acceptors (Lipinski definition) is 10. The first-order valence-corrected chi connectivity index (χ1v) is 11.5. The zero-order chi connectivity index (χ0) is 26.2. The van der Waals surface area contributed by atoms with Crippen molar-refractivity contribution in [3.63, 3.8) is 0 Å². The number of hydrogen-bond donors (Lipinski definition) is 4. The highest BCUT2D eigenvalue weighted by Gasteiger charge is 2.23. The third-order valence-electron chi connectivity index (χ3n) is 5.61. The molecule has 0 aliphatic rings. The van der Waals surface area contributed by atoms with E-state index in [0.29, 0.717) is 12.8 Å². The van der Waals surface area contributed by atoms with Crippen LogP contribution in [0.1, 0.15) is 51.4 Å². The van der Waals surface area contributed by atoms with Crippen LogP contribution in [-0.4, -0.2) is 39.5 Å². The molecule has 10 heteroatoms. The number of phenolic OH excluding ortho intramolecular Hbond substituents is 4. The Morgan fingerprint density at radius 3 is 2.08 bits per heavy atom. The lowest BCUT2D eigenvalue weighted by atomic mass is 10.1. The van der Waals surface area contributed by atoms with Crippen molar-refractivity contribution in [2.24, 2.45) is 0 Å². The topological polar surface area (TPSA) is 164 Å². The van der Waals surface area contributed by atoms with Gasteiger partial charge in [-0.3, -0.25) is 14.4 Å². The fourth-order valence-corrected chi connectivity index (χ4v) is 3.73. The monoisotopic (exact) mass is 500 g/mol. The van der Waals surface area contributed by atoms with Crippen molar-refractivity contribution in [1.82, 2.24) is 0 Å². The Labute approximate surface area is 206 Å². The number of benzene rings is 2. The van der Waals surface area contributed by atoms with E-state index in [1.165, 1.54) is 19.2 Å². The molecule has 0 spiro atoms. The molecule has 0 radical (unpaired) electrons. The number of carbonyl (C=O) groups excluding carboxylic acids is 2. The van der Waals surface area contributed by atoms with Gasteiger partial charge in [-0.2, -0.15) is 0 Å². The Morgan fingerprint density at radius 1 is 0.806 bits per heavy atom. The summed E-state index contributed by atoms with van der Waals surface area (Å²) in [4.78, 5) is 36.8. The molecule has 0 amide bonds. The minimum atomic E-state index is -0.838. The highest BCUT2D eigenvalue weighted by Crippen LogP contribution is 2.38. The third kappa shape index (κ3) is 6.47. The summed E-state index contributed by atoms with van der Waals surface area (Å²) in [5, 5.41) is 39.2. The fourth-order valence-electron chi connectivity index (χ4n) is 3.73. The predicted octanol–water partition coefficient (Wildman–Crippen LogP) is 4.48. The average Bonchev–Trinajstić information content (AvgIpc) is 2.83. The molecule has 1 aromatic heterocycles. The molecule has 36 heavy (non-hydrogen) atoms. The van der Waals surface area contributed by atoms with E-state index in [4.69, 9.17) is 9.15 Å². The number of aromatic hydroxyl groups is 4. The van der Waals surface area contributed by atoms with E-state index >= 15 is 0 Å². The number of phenols is 4. The van der Waals surface area contributed by atoms with Crippen LogP contribution in [0.25, 0.3) is 22.3 Å². The molecule has 4 N–H and O–H groups in total. The molecule has 0 atom stereocenters. The van der Waals surface area contributed by atoms with Crippen molar-refractivity contribution in [2.45, 2.75) is 51.4 Å². The molecular formula is C26H28O10. The first kappa shape index (κ1) is 26.4. The van der Waals surface area contributed by atoms with Gasteiger partial charge in [-0.1, -0.05) is 25.7 Å². The van der Waals surface area contributed by atoms with Gasteiger partial charge in [0.25, 0.3) is 0 Å². The maximum Gasteiger partial charge on any atom is 0.311 e. The Hall–Kier alpha value is -4.21. The molecule has 3 aromatic rings. The van der Waals surface area contributed by atoms with Gasteiger partial charge in [0.1, 0.15) is 22.5 Å². The summed E-state index contributed by atoms with van der Waals surface area (Å²) in [6, 6.07) is 5.73. The number of unbranched alkanes of at least 4 members (excludes halogenated alkanes) is 5. The molecule has 1 heterocycles. The van der Waals surface area contributed by atoms with Crippen LogP contribution in [0, 0.1) is 0 Å². The Morgan fingerprint density at radius 2 is 1.44 bits per heavy atom. The Kier molecular flexibility index (Phi) is 8.77. The van der Waals surface area contributed by atoms with Gasteiger partial charge in [-0.05, 0) is 31.0 Å². The summed E-state index contributed by atoms with van der Waals surface area (Å²) >= 11 is 0. The third-order valence-corrected chi connectivity index (χ3v) is 5.61. The van der Waals surface area contributed by atoms with E-state index in [-0.39, 0.29) is 40.4 Å². The number of methoxy groups -OCH3 is 1. The van der Waals surface area contributed by atoms with Gasteiger partial charge in [0.2, 0.25) is 11.2 Å². The second-order valence-electron chi connectivity index (χ2n) is 8.30. The van der Waals surface area contributed by atoms with Gasteiger partial charge in [0.15, 0.2) is 17.3 Å². The Balaban J connectivity index is 1.74. The number of esters is 2. The second kappa shape index (κ2) is 12.0. The van der Waals surface area contributed by atoms with Gasteiger partial charge < -0.3 is 34.3 Å². The van der Waals surface area contributed by atoms with E-state index in [1.807, 2.05) is 0 Å². The van der Waals surface area contributed by atoms with Crippen molar-refractivity contribution in [2.75, 3.05) is 7.11 Å². The van der Waals surface area contributed by atoms with Crippen LogP contribution in [0.3, 0.4) is 0 Å². The van der Waals surface area contributed by atoms with Crippen LogP contribution in [0.15, 0.2) is 39.5 Å². The quantitative estimate of drug-likeness (QED) is 0.168. The fraction of sp³-hybridized carbons (Fsp3) is 0.346. The van der Waals surface area contributed by atoms with Gasteiger partial charge in [0, 0.05) is 30.5 Å². The molecule has 0 aliphatic heterocycles. The molecule has 3 rings (SSSR count). The van der Waals surface area contributed by atoms with Crippen molar-refractivity contribution >= 4 is 22.9 Å². The van der Waals surface area contributed by atoms with Crippen LogP contribution >= 0.6 is 0 Å². The second-order valence-corrected chi connectivity index (χ2v) is 8.30. The summed E-state index contributed by atoms with van der Waals surface area (Å²) < 4.78 is 15.7. The van der Waals surface area contributed by atoms with Crippen molar-refractivity contribution < 1.29 is 43.9 Å². The molecular weight excluding hydrogens is 472 g/mol. The first-order valence-electron chi connectivity index (χ1n) is 11.5. The minimum Gasteiger partial charge on any atom is -0.508 e. The van der Waals surface area contributed by atoms with Gasteiger partial charge >= 0.3 is 11.9 Å². The lowest BCUT2D eigenvalue weighted by molar-refractivity contribution is -0.140. The van der Waals surface area contributed by atoms with E-state index in [9.17, 15) is 34.8 Å². The van der Waals surface area contributed by atoms with E-state index in [2.05, 4.69) is 4.74 Å². The highest BCUT2D eigenvalue weighted by molar-refractivity contribution is 5.89. The summed E-state index contributed by atoms with van der Waals surface area (Å²) in [6.07, 6.45) is 5.06. The van der Waals surface area contributed by atoms with Crippen LogP contribution in [0.4, 0.5) is 0 Å². The first-order chi connectivity index (χ1) is 17.2. The average molecular weight is 501 g/mol. The maximum absolute atomic E-state index is 13.2. The number of rotatable bonds is 11. The zero-order valence-electron chi connectivity index (χ0n) is 19.8. The highest BCUT2D eigenvalue weighted by atomic mass is 16.5. The molecule has 0 bridgehead atoms. The van der Waals surface area contributed by atoms with Crippen LogP contribution in [0.5, 0.6) is 28.7 Å². The summed E-state index contributed by atoms with van der Waals surface area (Å²) in [7, 11) is 1.36. The summed E-state index contributed by atoms with van der Waals surface area (Å²) in [6.45, 7) is 0. The summed E-state index contributed by atoms with van der Waals surface area (Å²) in [5.41, 5.74) is -0.871. The number of fused-ring (bicyclic) bond motifs is 1. The molecule has 2 aromatic carbocycles. The van der Waals surface area contributed by atoms with Crippen LogP contribution in [0.2, 0.25) is 0 Å². The van der Waals surface area contributed by atoms with E-state index in [1.54, 1.807) is 0 Å². The van der Waals surface area contributed by atoms with Crippen molar-refractivity contribution in [3.8, 4) is 40.1 Å². The molecule has 0 fully saturated rings. The van der Waals surface area contributed by atoms with E-state index < -0.39 is 34.4 Å². The predicted molar refractivity (Wildman–Crippen MR) is 129 cm³/mol. The smallest absolute Gasteiger partial charge is 0.311 e. The normalized spacial score (nSPS) is 10.9. The number of carbonyl (C=O) groups is 2. The van der Waals surface area contributed by atoms with E-state index in [0.717, 1.165) is 50.3 Å². The van der Waals surface area contributed by atoms with Crippen molar-refractivity contribution in [3.05, 3.63) is 40.6 Å². The summed E-state index contributed by atoms with van der Waals surface area (Å²) in [5.74, 6) is -3.41. The van der Waals surface area contributed by atoms with Crippen LogP contribution in [-0.2, 0) is 14.3 Å². The molecule has 0 saturated carbocycles. The van der Waals surface area contributed by atoms with Crippen LogP contribution < -0.4 is 10.2 Å². The molecule has 192 valence electrons. The lowest BCUT2D eigenvalue weighted by Gasteiger charge is -2.12. The Bertz CT molecular complexity index is 1310. The standard InChI is InChI=1S/C26H28O10/c1-34-21(31)8-6-4-2-3-5-7-9-22(32)36-26-24(33)23-19(30)13-16(27)14-20(23)35-25(26)15-10-11-17(28)18(29)12-15/h10-14,27-30H,2-9H2,1H3. The largest absolute Gasteiger partial charge is 0.508 e. The molecule has 0 unspecified atom stereocenters. The SMILES string of the molecule is COC(=O)CCCCCCCCC(=O)Oc1c(-c2ccc(O)c(O)c2)oc2cc(O)cc(O)c2c1=O. The van der Waals surface area contributed by atoms with Gasteiger partial charge in [-0.25, -0.2) is 0 Å². The van der Waals surface area contributed by atoms with Gasteiger partial charge in [-0.15, -0.1) is 0 Å². The number of ether oxygens (including phenoxy) is 2. The minimum absolute atomic E-state index is 0.0292. The van der Waals surface area contributed by atoms with Gasteiger partial charge in [0.05, 0.1) is 7.11 Å². The maximum atomic E-state index is 13.2. The molecule has 0 saturated heterocycles. The lowest BCUT2D eigenvalue weighted by Crippen LogP contribution is -2.16. The van der Waals surface area contributed by atoms with Crippen molar-refractivity contribution in [1.29, 1.82) is 0 Å². The zero-order valence-corrected chi connectivity index (χ0v) is 19.8. The molecule has 10 nitrogen and oxygen atoms in total.